The second kappa shape index (κ2) is 6.29. The van der Waals surface area contributed by atoms with E-state index in [1.165, 1.54) is 0 Å². The van der Waals surface area contributed by atoms with Gasteiger partial charge in [0.05, 0.1) is 11.6 Å². The first kappa shape index (κ1) is 14.2. The quantitative estimate of drug-likeness (QED) is 0.796. The van der Waals surface area contributed by atoms with Crippen LogP contribution in [0, 0.1) is 0 Å². The number of carbonyl (C=O) groups is 1. The van der Waals surface area contributed by atoms with Crippen LogP contribution in [0.2, 0.25) is 10.0 Å². The third kappa shape index (κ3) is 3.41. The van der Waals surface area contributed by atoms with Crippen LogP contribution in [0.3, 0.4) is 0 Å². The molecule has 0 saturated carbocycles. The van der Waals surface area contributed by atoms with Crippen molar-refractivity contribution in [3.8, 4) is 0 Å². The molecule has 98 valence electrons. The molecule has 1 aliphatic heterocycles. The van der Waals surface area contributed by atoms with Gasteiger partial charge in [0.2, 0.25) is 0 Å². The van der Waals surface area contributed by atoms with E-state index in [9.17, 15) is 4.79 Å². The number of benzene rings is 1. The Morgan fingerprint density at radius 2 is 2.28 bits per heavy atom. The molecule has 2 nitrogen and oxygen atoms in total. The Balaban J connectivity index is 2.07. The van der Waals surface area contributed by atoms with Crippen LogP contribution >= 0.6 is 35.0 Å². The number of rotatable bonds is 3. The summed E-state index contributed by atoms with van der Waals surface area (Å²) in [6.45, 7) is 3.55. The second-order valence-corrected chi connectivity index (χ2v) is 6.44. The highest BCUT2D eigenvalue weighted by Crippen LogP contribution is 2.23. The molecule has 1 atom stereocenters. The fraction of sp³-hybridized carbons (Fsp3) is 0.462. The molecule has 1 heterocycles. The van der Waals surface area contributed by atoms with Gasteiger partial charge in [-0.2, -0.15) is 11.8 Å². The third-order valence-corrected chi connectivity index (χ3v) is 4.82. The van der Waals surface area contributed by atoms with Crippen molar-refractivity contribution in [1.82, 2.24) is 4.90 Å². The Morgan fingerprint density at radius 3 is 2.94 bits per heavy atom. The van der Waals surface area contributed by atoms with Gasteiger partial charge in [0.15, 0.2) is 5.78 Å². The van der Waals surface area contributed by atoms with E-state index >= 15 is 0 Å². The van der Waals surface area contributed by atoms with Gasteiger partial charge in [-0.25, -0.2) is 0 Å². The average Bonchev–Trinajstić information content (AvgIpc) is 2.32. The van der Waals surface area contributed by atoms with E-state index < -0.39 is 0 Å². The fourth-order valence-electron chi connectivity index (χ4n) is 1.98. The molecule has 0 aromatic heterocycles. The highest BCUT2D eigenvalue weighted by atomic mass is 35.5. The summed E-state index contributed by atoms with van der Waals surface area (Å²) in [6.07, 6.45) is 0. The van der Waals surface area contributed by atoms with Crippen LogP contribution in [0.5, 0.6) is 0 Å². The predicted molar refractivity (Wildman–Crippen MR) is 79.2 cm³/mol. The van der Waals surface area contributed by atoms with Crippen molar-refractivity contribution >= 4 is 40.7 Å². The molecule has 1 saturated heterocycles. The van der Waals surface area contributed by atoms with Gasteiger partial charge in [0.25, 0.3) is 0 Å². The van der Waals surface area contributed by atoms with Crippen LogP contribution in [-0.2, 0) is 0 Å². The summed E-state index contributed by atoms with van der Waals surface area (Å²) < 4.78 is 0. The topological polar surface area (TPSA) is 20.3 Å². The van der Waals surface area contributed by atoms with Crippen LogP contribution in [0.15, 0.2) is 18.2 Å². The molecule has 18 heavy (non-hydrogen) atoms. The minimum absolute atomic E-state index is 0.0652. The van der Waals surface area contributed by atoms with Crippen molar-refractivity contribution in [1.29, 1.82) is 0 Å². The summed E-state index contributed by atoms with van der Waals surface area (Å²) in [6, 6.07) is 5.47. The zero-order valence-electron chi connectivity index (χ0n) is 10.2. The molecule has 5 heteroatoms. The summed E-state index contributed by atoms with van der Waals surface area (Å²) in [5, 5.41) is 0.992. The Hall–Kier alpha value is -0.220. The summed E-state index contributed by atoms with van der Waals surface area (Å²) in [5.74, 6) is 2.24. The molecule has 0 radical (unpaired) electrons. The number of halogens is 2. The minimum Gasteiger partial charge on any atom is -0.293 e. The SMILES string of the molecule is CC1CSCCN1CC(=O)c1ccc(Cl)cc1Cl. The van der Waals surface area contributed by atoms with E-state index in [0.29, 0.717) is 28.2 Å². The van der Waals surface area contributed by atoms with Gasteiger partial charge in [-0.05, 0) is 25.1 Å². The van der Waals surface area contributed by atoms with Crippen molar-refractivity contribution in [2.45, 2.75) is 13.0 Å². The number of carbonyl (C=O) groups excluding carboxylic acids is 1. The normalized spacial score (nSPS) is 20.9. The van der Waals surface area contributed by atoms with Crippen LogP contribution in [0.25, 0.3) is 0 Å². The summed E-state index contributed by atoms with van der Waals surface area (Å²) in [4.78, 5) is 14.4. The van der Waals surface area contributed by atoms with E-state index in [4.69, 9.17) is 23.2 Å². The standard InChI is InChI=1S/C13H15Cl2NOS/c1-9-8-18-5-4-16(9)7-13(17)11-3-2-10(14)6-12(11)15/h2-3,6,9H,4-5,7-8H2,1H3. The maximum atomic E-state index is 12.2. The molecular formula is C13H15Cl2NOS. The molecule has 0 spiro atoms. The molecule has 1 aliphatic rings. The van der Waals surface area contributed by atoms with Gasteiger partial charge >= 0.3 is 0 Å². The zero-order valence-corrected chi connectivity index (χ0v) is 12.5. The van der Waals surface area contributed by atoms with Gasteiger partial charge in [-0.1, -0.05) is 23.2 Å². The number of ketones is 1. The Kier molecular flexibility index (Phi) is 4.96. The average molecular weight is 304 g/mol. The van der Waals surface area contributed by atoms with Crippen molar-refractivity contribution < 1.29 is 4.79 Å². The van der Waals surface area contributed by atoms with Gasteiger partial charge in [-0.15, -0.1) is 0 Å². The summed E-state index contributed by atoms with van der Waals surface area (Å²) >= 11 is 13.8. The van der Waals surface area contributed by atoms with E-state index in [1.807, 2.05) is 11.8 Å². The maximum absolute atomic E-state index is 12.2. The largest absolute Gasteiger partial charge is 0.293 e. The lowest BCUT2D eigenvalue weighted by Crippen LogP contribution is -2.43. The van der Waals surface area contributed by atoms with Gasteiger partial charge < -0.3 is 0 Å². The van der Waals surface area contributed by atoms with Gasteiger partial charge in [0.1, 0.15) is 0 Å². The summed E-state index contributed by atoms with van der Waals surface area (Å²) in [7, 11) is 0. The van der Waals surface area contributed by atoms with Gasteiger partial charge in [0, 0.05) is 34.7 Å². The Morgan fingerprint density at radius 1 is 1.50 bits per heavy atom. The summed E-state index contributed by atoms with van der Waals surface area (Å²) in [5.41, 5.74) is 0.562. The third-order valence-electron chi connectivity index (χ3n) is 3.08. The molecular weight excluding hydrogens is 289 g/mol. The molecule has 1 unspecified atom stereocenters. The highest BCUT2D eigenvalue weighted by molar-refractivity contribution is 7.99. The minimum atomic E-state index is 0.0652. The van der Waals surface area contributed by atoms with Crippen molar-refractivity contribution in [2.75, 3.05) is 24.6 Å². The fourth-order valence-corrected chi connectivity index (χ4v) is 3.58. The first-order chi connectivity index (χ1) is 8.58. The predicted octanol–water partition coefficient (Wildman–Crippen LogP) is 3.61. The number of Topliss-reactive ketones (excluding diaryl/α,β-unsaturated/α-hetero) is 1. The lowest BCUT2D eigenvalue weighted by atomic mass is 10.1. The maximum Gasteiger partial charge on any atom is 0.178 e. The van der Waals surface area contributed by atoms with Gasteiger partial charge in [-0.3, -0.25) is 9.69 Å². The molecule has 0 N–H and O–H groups in total. The smallest absolute Gasteiger partial charge is 0.178 e. The number of thioether (sulfide) groups is 1. The molecule has 1 fully saturated rings. The first-order valence-electron chi connectivity index (χ1n) is 5.88. The lowest BCUT2D eigenvalue weighted by Gasteiger charge is -2.32. The monoisotopic (exact) mass is 303 g/mol. The van der Waals surface area contributed by atoms with Crippen molar-refractivity contribution in [2.24, 2.45) is 0 Å². The molecule has 0 bridgehead atoms. The first-order valence-corrected chi connectivity index (χ1v) is 7.79. The molecule has 0 aliphatic carbocycles. The molecule has 1 aromatic rings. The van der Waals surface area contributed by atoms with Crippen LogP contribution in [0.1, 0.15) is 17.3 Å². The van der Waals surface area contributed by atoms with E-state index in [1.54, 1.807) is 18.2 Å². The number of hydrogen-bond donors (Lipinski definition) is 0. The van der Waals surface area contributed by atoms with E-state index in [2.05, 4.69) is 11.8 Å². The van der Waals surface area contributed by atoms with Crippen molar-refractivity contribution in [3.05, 3.63) is 33.8 Å². The molecule has 1 aromatic carbocycles. The Labute approximate surface area is 122 Å². The highest BCUT2D eigenvalue weighted by Gasteiger charge is 2.22. The Bertz CT molecular complexity index is 453. The van der Waals surface area contributed by atoms with Crippen LogP contribution < -0.4 is 0 Å². The number of nitrogens with zero attached hydrogens (tertiary/aromatic N) is 1. The van der Waals surface area contributed by atoms with Crippen LogP contribution in [0.4, 0.5) is 0 Å². The molecule has 0 amide bonds. The lowest BCUT2D eigenvalue weighted by molar-refractivity contribution is 0.0911. The zero-order chi connectivity index (χ0) is 13.1. The van der Waals surface area contributed by atoms with E-state index in [-0.39, 0.29) is 5.78 Å². The number of hydrogen-bond acceptors (Lipinski definition) is 3. The second-order valence-electron chi connectivity index (χ2n) is 4.44. The molecule has 2 rings (SSSR count). The van der Waals surface area contributed by atoms with Crippen LogP contribution in [-0.4, -0.2) is 41.3 Å². The van der Waals surface area contributed by atoms with E-state index in [0.717, 1.165) is 18.1 Å². The van der Waals surface area contributed by atoms with Crippen molar-refractivity contribution in [3.63, 3.8) is 0 Å².